The van der Waals surface area contributed by atoms with Crippen LogP contribution in [0.4, 0.5) is 13.6 Å². The van der Waals surface area contributed by atoms with Gasteiger partial charge in [0.1, 0.15) is 17.2 Å². The summed E-state index contributed by atoms with van der Waals surface area (Å²) in [4.78, 5) is 14.1. The molecule has 0 atom stereocenters. The molecule has 4 nitrogen and oxygen atoms in total. The lowest BCUT2D eigenvalue weighted by molar-refractivity contribution is 0.0129. The Hall–Kier alpha value is -2.94. The smallest absolute Gasteiger partial charge is 0.410 e. The first-order valence-electron chi connectivity index (χ1n) is 11.0. The van der Waals surface area contributed by atoms with E-state index in [1.165, 1.54) is 12.1 Å². The number of amides is 1. The number of carbonyl (C=O) groups is 1. The van der Waals surface area contributed by atoms with Crippen LogP contribution < -0.4 is 0 Å². The van der Waals surface area contributed by atoms with Gasteiger partial charge in [0.25, 0.3) is 0 Å². The van der Waals surface area contributed by atoms with Crippen LogP contribution >= 0.6 is 0 Å². The van der Waals surface area contributed by atoms with Crippen molar-refractivity contribution < 1.29 is 18.3 Å². The molecule has 2 aromatic carbocycles. The molecule has 1 aliphatic rings. The van der Waals surface area contributed by atoms with Gasteiger partial charge in [0.05, 0.1) is 11.5 Å². The quantitative estimate of drug-likeness (QED) is 0.581. The van der Waals surface area contributed by atoms with Gasteiger partial charge in [-0.3, -0.25) is 0 Å². The van der Waals surface area contributed by atoms with Crippen LogP contribution in [0.5, 0.6) is 0 Å². The summed E-state index contributed by atoms with van der Waals surface area (Å²) in [5.74, 6) is -0.857. The highest BCUT2D eigenvalue weighted by Gasteiger charge is 2.43. The Morgan fingerprint density at radius 2 is 1.47 bits per heavy atom. The maximum Gasteiger partial charge on any atom is 0.410 e. The second-order valence-electron chi connectivity index (χ2n) is 9.55. The van der Waals surface area contributed by atoms with Gasteiger partial charge in [0, 0.05) is 13.1 Å². The molecule has 0 bridgehead atoms. The minimum absolute atomic E-state index is 0.120. The zero-order valence-corrected chi connectivity index (χ0v) is 18.9. The summed E-state index contributed by atoms with van der Waals surface area (Å²) >= 11 is 0. The fraction of sp³-hybridized carbons (Fsp3) is 0.462. The highest BCUT2D eigenvalue weighted by atomic mass is 19.1. The molecule has 0 unspecified atom stereocenters. The first-order chi connectivity index (χ1) is 15.1. The molecule has 170 valence electrons. The van der Waals surface area contributed by atoms with Gasteiger partial charge in [0.15, 0.2) is 0 Å². The average Bonchev–Trinajstić information content (AvgIpc) is 2.75. The minimum Gasteiger partial charge on any atom is -0.444 e. The number of hydrogen-bond donors (Lipinski definition) is 0. The van der Waals surface area contributed by atoms with Crippen LogP contribution in [0, 0.1) is 34.3 Å². The third-order valence-corrected chi connectivity index (χ3v) is 6.08. The number of piperidine rings is 1. The predicted molar refractivity (Wildman–Crippen MR) is 119 cm³/mol. The molecule has 0 N–H and O–H groups in total. The first kappa shape index (κ1) is 23.7. The summed E-state index contributed by atoms with van der Waals surface area (Å²) in [5.41, 5.74) is -0.690. The Bertz CT molecular complexity index is 938. The van der Waals surface area contributed by atoms with E-state index in [4.69, 9.17) is 4.74 Å². The van der Waals surface area contributed by atoms with Crippen molar-refractivity contribution in [2.75, 3.05) is 13.1 Å². The van der Waals surface area contributed by atoms with E-state index in [2.05, 4.69) is 6.07 Å². The third-order valence-electron chi connectivity index (χ3n) is 6.08. The van der Waals surface area contributed by atoms with Crippen LogP contribution in [0.15, 0.2) is 48.5 Å². The standard InChI is InChI=1S/C26H30F2N2O2/c1-25(2,3)32-24(31)30-14-12-21(13-15-30)26(18-29,16-19-8-4-6-10-22(19)27)17-20-9-5-7-11-23(20)28/h4-11,21H,12-17H2,1-3H3. The van der Waals surface area contributed by atoms with Crippen LogP contribution in [-0.4, -0.2) is 29.7 Å². The van der Waals surface area contributed by atoms with Crippen LogP contribution in [0.25, 0.3) is 0 Å². The summed E-state index contributed by atoms with van der Waals surface area (Å²) in [6.45, 7) is 6.35. The minimum atomic E-state index is -0.996. The van der Waals surface area contributed by atoms with E-state index in [0.717, 1.165) is 0 Å². The van der Waals surface area contributed by atoms with Crippen LogP contribution in [0.3, 0.4) is 0 Å². The lowest BCUT2D eigenvalue weighted by Crippen LogP contribution is -2.46. The van der Waals surface area contributed by atoms with Crippen molar-refractivity contribution >= 4 is 6.09 Å². The normalized spacial score (nSPS) is 15.3. The lowest BCUT2D eigenvalue weighted by atomic mass is 9.65. The molecular formula is C26H30F2N2O2. The van der Waals surface area contributed by atoms with Gasteiger partial charge in [-0.25, -0.2) is 13.6 Å². The fourth-order valence-electron chi connectivity index (χ4n) is 4.43. The summed E-state index contributed by atoms with van der Waals surface area (Å²) in [5, 5.41) is 10.4. The first-order valence-corrected chi connectivity index (χ1v) is 11.0. The average molecular weight is 441 g/mol. The largest absolute Gasteiger partial charge is 0.444 e. The molecule has 1 aliphatic heterocycles. The Labute approximate surface area is 188 Å². The van der Waals surface area contributed by atoms with Gasteiger partial charge in [0.2, 0.25) is 0 Å². The van der Waals surface area contributed by atoms with E-state index in [0.29, 0.717) is 37.1 Å². The van der Waals surface area contributed by atoms with Gasteiger partial charge in [-0.15, -0.1) is 0 Å². The van der Waals surface area contributed by atoms with Crippen molar-refractivity contribution in [3.63, 3.8) is 0 Å². The number of halogens is 2. The van der Waals surface area contributed by atoms with E-state index in [1.807, 2.05) is 20.8 Å². The van der Waals surface area contributed by atoms with Gasteiger partial charge in [-0.05, 0) is 75.6 Å². The van der Waals surface area contributed by atoms with Crippen molar-refractivity contribution in [2.45, 2.75) is 52.1 Å². The molecule has 32 heavy (non-hydrogen) atoms. The second kappa shape index (κ2) is 9.68. The summed E-state index contributed by atoms with van der Waals surface area (Å²) in [6, 6.07) is 15.3. The van der Waals surface area contributed by atoms with Crippen molar-refractivity contribution in [1.82, 2.24) is 4.90 Å². The fourth-order valence-corrected chi connectivity index (χ4v) is 4.43. The van der Waals surface area contributed by atoms with E-state index in [1.54, 1.807) is 41.3 Å². The van der Waals surface area contributed by atoms with E-state index < -0.39 is 11.0 Å². The molecule has 6 heteroatoms. The molecule has 0 aliphatic carbocycles. The number of carbonyl (C=O) groups excluding carboxylic acids is 1. The molecule has 0 saturated carbocycles. The van der Waals surface area contributed by atoms with E-state index >= 15 is 0 Å². The number of hydrogen-bond acceptors (Lipinski definition) is 3. The highest BCUT2D eigenvalue weighted by molar-refractivity contribution is 5.68. The summed E-state index contributed by atoms with van der Waals surface area (Å²) < 4.78 is 34.5. The lowest BCUT2D eigenvalue weighted by Gasteiger charge is -2.41. The summed E-state index contributed by atoms with van der Waals surface area (Å²) in [6.07, 6.45) is 1.12. The third kappa shape index (κ3) is 5.64. The van der Waals surface area contributed by atoms with Gasteiger partial charge < -0.3 is 9.64 Å². The molecule has 1 heterocycles. The number of ether oxygens (including phenoxy) is 1. The molecule has 2 aromatic rings. The number of likely N-dealkylation sites (tertiary alicyclic amines) is 1. The monoisotopic (exact) mass is 440 g/mol. The van der Waals surface area contributed by atoms with Crippen LogP contribution in [0.1, 0.15) is 44.7 Å². The van der Waals surface area contributed by atoms with Crippen molar-refractivity contribution in [1.29, 1.82) is 5.26 Å². The number of nitriles is 1. The van der Waals surface area contributed by atoms with Gasteiger partial charge in [-0.2, -0.15) is 5.26 Å². The van der Waals surface area contributed by atoms with Gasteiger partial charge in [-0.1, -0.05) is 36.4 Å². The molecule has 1 amide bonds. The molecular weight excluding hydrogens is 410 g/mol. The Balaban J connectivity index is 1.86. The number of nitrogens with zero attached hydrogens (tertiary/aromatic N) is 2. The van der Waals surface area contributed by atoms with E-state index in [9.17, 15) is 18.8 Å². The Morgan fingerprint density at radius 3 is 1.88 bits per heavy atom. The topological polar surface area (TPSA) is 53.3 Å². The molecule has 3 rings (SSSR count). The molecule has 0 spiro atoms. The SMILES string of the molecule is CC(C)(C)OC(=O)N1CCC(C(C#N)(Cc2ccccc2F)Cc2ccccc2F)CC1. The number of benzene rings is 2. The Morgan fingerprint density at radius 1 is 1.00 bits per heavy atom. The second-order valence-corrected chi connectivity index (χ2v) is 9.55. The summed E-state index contributed by atoms with van der Waals surface area (Å²) in [7, 11) is 0. The van der Waals surface area contributed by atoms with Crippen LogP contribution in [0.2, 0.25) is 0 Å². The molecule has 1 saturated heterocycles. The highest BCUT2D eigenvalue weighted by Crippen LogP contribution is 2.42. The Kier molecular flexibility index (Phi) is 7.18. The molecule has 0 radical (unpaired) electrons. The maximum atomic E-state index is 14.5. The predicted octanol–water partition coefficient (Wildman–Crippen LogP) is 5.91. The zero-order chi connectivity index (χ0) is 23.4. The van der Waals surface area contributed by atoms with Crippen LogP contribution in [-0.2, 0) is 17.6 Å². The molecule has 1 fully saturated rings. The van der Waals surface area contributed by atoms with Crippen molar-refractivity contribution in [2.24, 2.45) is 11.3 Å². The van der Waals surface area contributed by atoms with Crippen molar-refractivity contribution in [3.8, 4) is 6.07 Å². The van der Waals surface area contributed by atoms with E-state index in [-0.39, 0.29) is 36.5 Å². The maximum absolute atomic E-state index is 14.5. The molecule has 0 aromatic heterocycles. The zero-order valence-electron chi connectivity index (χ0n) is 18.9. The number of rotatable bonds is 5. The van der Waals surface area contributed by atoms with Gasteiger partial charge >= 0.3 is 6.09 Å². The van der Waals surface area contributed by atoms with Crippen molar-refractivity contribution in [3.05, 3.63) is 71.3 Å².